The minimum absolute atomic E-state index is 0.107. The number of hydrogen-bond donors (Lipinski definition) is 2. The van der Waals surface area contributed by atoms with Crippen LogP contribution in [-0.4, -0.2) is 47.8 Å². The summed E-state index contributed by atoms with van der Waals surface area (Å²) in [6.07, 6.45) is 0.707. The number of rotatable bonds is 7. The molecule has 6 nitrogen and oxygen atoms in total. The third kappa shape index (κ3) is 3.63. The highest BCUT2D eigenvalue weighted by Gasteiger charge is 2.08. The van der Waals surface area contributed by atoms with Crippen molar-refractivity contribution in [3.63, 3.8) is 0 Å². The second-order valence-electron chi connectivity index (χ2n) is 4.56. The molecule has 0 bridgehead atoms. The van der Waals surface area contributed by atoms with Crippen molar-refractivity contribution >= 4 is 10.9 Å². The van der Waals surface area contributed by atoms with Gasteiger partial charge in [0.25, 0.3) is 0 Å². The van der Waals surface area contributed by atoms with Crippen LogP contribution in [0.1, 0.15) is 0 Å². The van der Waals surface area contributed by atoms with Crippen LogP contribution in [0.5, 0.6) is 0 Å². The molecule has 108 valence electrons. The number of para-hydroxylation sites is 1. The van der Waals surface area contributed by atoms with Gasteiger partial charge in [-0.05, 0) is 12.1 Å². The van der Waals surface area contributed by atoms with Crippen molar-refractivity contribution in [3.8, 4) is 0 Å². The predicted octanol–water partition coefficient (Wildman–Crippen LogP) is -0.00660. The number of benzene rings is 1. The van der Waals surface area contributed by atoms with Gasteiger partial charge >= 0.3 is 0 Å². The van der Waals surface area contributed by atoms with E-state index in [-0.39, 0.29) is 5.43 Å². The molecule has 1 aromatic carbocycles. The summed E-state index contributed by atoms with van der Waals surface area (Å²) in [6.45, 7) is 2.07. The highest BCUT2D eigenvalue weighted by Crippen LogP contribution is 2.08. The summed E-state index contributed by atoms with van der Waals surface area (Å²) in [5.74, 6) is 0. The zero-order valence-electron chi connectivity index (χ0n) is 11.5. The van der Waals surface area contributed by atoms with E-state index in [0.29, 0.717) is 31.6 Å². The van der Waals surface area contributed by atoms with Crippen molar-refractivity contribution in [2.75, 3.05) is 26.8 Å². The smallest absolute Gasteiger partial charge is 0.207 e. The van der Waals surface area contributed by atoms with E-state index in [2.05, 4.69) is 10.4 Å². The lowest BCUT2D eigenvalue weighted by Crippen LogP contribution is -2.33. The van der Waals surface area contributed by atoms with Crippen LogP contribution in [0.4, 0.5) is 0 Å². The predicted molar refractivity (Wildman–Crippen MR) is 76.8 cm³/mol. The van der Waals surface area contributed by atoms with Gasteiger partial charge in [0, 0.05) is 25.6 Å². The summed E-state index contributed by atoms with van der Waals surface area (Å²) in [7, 11) is 1.63. The lowest BCUT2D eigenvalue weighted by Gasteiger charge is -2.14. The standard InChI is InChI=1S/C14H19N3O3/c1-20-7-6-15-8-11(18)10-17-13-5-3-2-4-12(13)14(19)9-16-17/h2-5,9,11,15,18H,6-8,10H2,1H3. The molecule has 2 aromatic rings. The number of hydrogen-bond acceptors (Lipinski definition) is 5. The average molecular weight is 277 g/mol. The number of aliphatic hydroxyl groups is 1. The Morgan fingerprint density at radius 2 is 2.25 bits per heavy atom. The number of aromatic nitrogens is 2. The third-order valence-electron chi connectivity index (χ3n) is 3.01. The molecule has 0 aliphatic heterocycles. The summed E-state index contributed by atoms with van der Waals surface area (Å²) in [6, 6.07) is 7.26. The maximum absolute atomic E-state index is 11.7. The first kappa shape index (κ1) is 14.6. The fraction of sp³-hybridized carbons (Fsp3) is 0.429. The Bertz CT molecular complexity index is 612. The Morgan fingerprint density at radius 3 is 3.05 bits per heavy atom. The van der Waals surface area contributed by atoms with Gasteiger partial charge in [-0.2, -0.15) is 5.10 Å². The van der Waals surface area contributed by atoms with Crippen molar-refractivity contribution in [1.82, 2.24) is 15.1 Å². The summed E-state index contributed by atoms with van der Waals surface area (Å²) in [5.41, 5.74) is 0.625. The Hall–Kier alpha value is -1.76. The second kappa shape index (κ2) is 7.14. The molecule has 1 atom stereocenters. The van der Waals surface area contributed by atoms with Crippen LogP contribution in [0.15, 0.2) is 35.3 Å². The molecule has 2 rings (SSSR count). The van der Waals surface area contributed by atoms with E-state index in [0.717, 1.165) is 5.52 Å². The van der Waals surface area contributed by atoms with Gasteiger partial charge in [0.05, 0.1) is 31.0 Å². The van der Waals surface area contributed by atoms with Gasteiger partial charge < -0.3 is 15.2 Å². The van der Waals surface area contributed by atoms with Gasteiger partial charge in [0.2, 0.25) is 5.43 Å². The zero-order valence-corrected chi connectivity index (χ0v) is 11.5. The summed E-state index contributed by atoms with van der Waals surface area (Å²) in [4.78, 5) is 11.7. The van der Waals surface area contributed by atoms with Gasteiger partial charge in [-0.25, -0.2) is 0 Å². The molecule has 0 aliphatic rings. The Morgan fingerprint density at radius 1 is 1.45 bits per heavy atom. The molecule has 2 N–H and O–H groups in total. The summed E-state index contributed by atoms with van der Waals surface area (Å²) in [5, 5.41) is 17.8. The molecule has 1 unspecified atom stereocenters. The number of methoxy groups -OCH3 is 1. The molecule has 0 saturated carbocycles. The Labute approximate surface area is 117 Å². The van der Waals surface area contributed by atoms with E-state index in [4.69, 9.17) is 4.74 Å². The second-order valence-corrected chi connectivity index (χ2v) is 4.56. The van der Waals surface area contributed by atoms with Crippen LogP contribution in [0.25, 0.3) is 10.9 Å². The van der Waals surface area contributed by atoms with E-state index in [1.54, 1.807) is 17.9 Å². The van der Waals surface area contributed by atoms with Gasteiger partial charge in [-0.3, -0.25) is 9.48 Å². The van der Waals surface area contributed by atoms with E-state index < -0.39 is 6.10 Å². The van der Waals surface area contributed by atoms with Crippen LogP contribution in [0, 0.1) is 0 Å². The van der Waals surface area contributed by atoms with Crippen LogP contribution < -0.4 is 10.7 Å². The number of aliphatic hydroxyl groups excluding tert-OH is 1. The van der Waals surface area contributed by atoms with Crippen LogP contribution in [0.3, 0.4) is 0 Å². The number of nitrogens with one attached hydrogen (secondary N) is 1. The molecule has 0 amide bonds. The first-order chi connectivity index (χ1) is 9.72. The largest absolute Gasteiger partial charge is 0.390 e. The monoisotopic (exact) mass is 277 g/mol. The highest BCUT2D eigenvalue weighted by molar-refractivity contribution is 5.77. The first-order valence-electron chi connectivity index (χ1n) is 6.55. The SMILES string of the molecule is COCCNCC(O)Cn1ncc(=O)c2ccccc21. The Balaban J connectivity index is 2.06. The highest BCUT2D eigenvalue weighted by atomic mass is 16.5. The number of fused-ring (bicyclic) bond motifs is 1. The van der Waals surface area contributed by atoms with Gasteiger partial charge in [0.1, 0.15) is 0 Å². The molecule has 0 aliphatic carbocycles. The average Bonchev–Trinajstić information content (AvgIpc) is 2.47. The fourth-order valence-corrected chi connectivity index (χ4v) is 2.01. The molecule has 20 heavy (non-hydrogen) atoms. The lowest BCUT2D eigenvalue weighted by molar-refractivity contribution is 0.141. The van der Waals surface area contributed by atoms with E-state index in [1.165, 1.54) is 6.20 Å². The van der Waals surface area contributed by atoms with Crippen molar-refractivity contribution in [3.05, 3.63) is 40.7 Å². The van der Waals surface area contributed by atoms with Gasteiger partial charge in [-0.15, -0.1) is 0 Å². The van der Waals surface area contributed by atoms with Crippen molar-refractivity contribution < 1.29 is 9.84 Å². The molecular formula is C14H19N3O3. The maximum atomic E-state index is 11.7. The van der Waals surface area contributed by atoms with Gasteiger partial charge in [0.15, 0.2) is 0 Å². The molecule has 0 spiro atoms. The van der Waals surface area contributed by atoms with E-state index >= 15 is 0 Å². The van der Waals surface area contributed by atoms with Crippen molar-refractivity contribution in [2.45, 2.75) is 12.6 Å². The van der Waals surface area contributed by atoms with Crippen molar-refractivity contribution in [2.24, 2.45) is 0 Å². The quantitative estimate of drug-likeness (QED) is 0.696. The summed E-state index contributed by atoms with van der Waals surface area (Å²) >= 11 is 0. The molecule has 1 aromatic heterocycles. The Kier molecular flexibility index (Phi) is 5.23. The zero-order chi connectivity index (χ0) is 14.4. The first-order valence-corrected chi connectivity index (χ1v) is 6.55. The fourth-order valence-electron chi connectivity index (χ4n) is 2.01. The lowest BCUT2D eigenvalue weighted by atomic mass is 10.2. The maximum Gasteiger partial charge on any atom is 0.207 e. The van der Waals surface area contributed by atoms with Crippen LogP contribution in [0.2, 0.25) is 0 Å². The number of nitrogens with zero attached hydrogens (tertiary/aromatic N) is 2. The summed E-state index contributed by atoms with van der Waals surface area (Å²) < 4.78 is 6.57. The normalized spacial score (nSPS) is 12.7. The van der Waals surface area contributed by atoms with E-state index in [1.807, 2.05) is 18.2 Å². The number of ether oxygens (including phenoxy) is 1. The topological polar surface area (TPSA) is 76.4 Å². The molecule has 1 heterocycles. The minimum atomic E-state index is -0.578. The van der Waals surface area contributed by atoms with Crippen LogP contribution in [-0.2, 0) is 11.3 Å². The minimum Gasteiger partial charge on any atom is -0.390 e. The third-order valence-corrected chi connectivity index (χ3v) is 3.01. The van der Waals surface area contributed by atoms with Gasteiger partial charge in [-0.1, -0.05) is 12.1 Å². The van der Waals surface area contributed by atoms with Crippen LogP contribution >= 0.6 is 0 Å². The molecular weight excluding hydrogens is 258 g/mol. The molecule has 0 fully saturated rings. The van der Waals surface area contributed by atoms with E-state index in [9.17, 15) is 9.90 Å². The molecule has 0 saturated heterocycles. The molecule has 0 radical (unpaired) electrons. The van der Waals surface area contributed by atoms with Crippen molar-refractivity contribution in [1.29, 1.82) is 0 Å². The molecule has 6 heteroatoms.